The first-order valence-corrected chi connectivity index (χ1v) is 15.5. The van der Waals surface area contributed by atoms with E-state index in [4.69, 9.17) is 17.3 Å². The van der Waals surface area contributed by atoms with Crippen LogP contribution in [0.15, 0.2) is 86.7 Å². The maximum absolute atomic E-state index is 12.0. The second-order valence-corrected chi connectivity index (χ2v) is 12.3. The molecule has 1 heterocycles. The number of hydrogen-bond acceptors (Lipinski definition) is 14. The molecule has 4 aromatic carbocycles. The average Bonchev–Trinajstić information content (AvgIpc) is 2.96. The maximum Gasteiger partial charge on any atom is 0.296 e. The van der Waals surface area contributed by atoms with Crippen LogP contribution in [0.4, 0.5) is 40.3 Å². The minimum atomic E-state index is -4.93. The molecule has 0 unspecified atom stereocenters. The van der Waals surface area contributed by atoms with Gasteiger partial charge >= 0.3 is 0 Å². The summed E-state index contributed by atoms with van der Waals surface area (Å²) in [5.41, 5.74) is 6.70. The number of aromatic hydroxyl groups is 1. The van der Waals surface area contributed by atoms with E-state index in [0.717, 1.165) is 18.2 Å². The normalized spacial score (nSPS) is 12.0. The van der Waals surface area contributed by atoms with Gasteiger partial charge in [0.05, 0.1) is 21.7 Å². The zero-order valence-electron chi connectivity index (χ0n) is 22.3. The van der Waals surface area contributed by atoms with Crippen LogP contribution in [-0.2, 0) is 20.2 Å². The number of azo groups is 1. The number of carbonyl (C=O) groups is 1. The van der Waals surface area contributed by atoms with Crippen molar-refractivity contribution in [2.24, 2.45) is 10.2 Å². The summed E-state index contributed by atoms with van der Waals surface area (Å²) in [6.07, 6.45) is 0.696. The van der Waals surface area contributed by atoms with Gasteiger partial charge in [0.15, 0.2) is 0 Å². The molecule has 230 valence electrons. The number of nitrogens with zero attached hydrogens (tertiary/aromatic N) is 5. The lowest BCUT2D eigenvalue weighted by Crippen LogP contribution is -2.04. The van der Waals surface area contributed by atoms with Crippen molar-refractivity contribution in [3.8, 4) is 5.75 Å². The summed E-state index contributed by atoms with van der Waals surface area (Å²) in [6, 6.07) is 15.2. The summed E-state index contributed by atoms with van der Waals surface area (Å²) in [4.78, 5) is 21.8. The number of fused-ring (bicyclic) bond motifs is 1. The molecule has 0 aliphatic carbocycles. The fourth-order valence-corrected chi connectivity index (χ4v) is 5.41. The molecular formula is C26H19ClN8O8S2. The van der Waals surface area contributed by atoms with E-state index in [1.165, 1.54) is 12.1 Å². The van der Waals surface area contributed by atoms with Gasteiger partial charge in [0.25, 0.3) is 20.2 Å². The quantitative estimate of drug-likeness (QED) is 0.0511. The molecule has 0 fully saturated rings. The van der Waals surface area contributed by atoms with E-state index >= 15 is 0 Å². The van der Waals surface area contributed by atoms with Gasteiger partial charge in [0, 0.05) is 23.0 Å². The molecule has 0 atom stereocenters. The molecule has 1 aromatic heterocycles. The lowest BCUT2D eigenvalue weighted by Gasteiger charge is -2.12. The SMILES string of the molecule is Nc1c(S(=O)(=O)O)cc2cc(S(=O)(=O)O)cc(O)c2c1N=Nc1ccc(Nc2nc(Cl)nc(Nc3cccc(C=O)c3)n2)cc1. The van der Waals surface area contributed by atoms with Crippen molar-refractivity contribution in [3.05, 3.63) is 77.6 Å². The van der Waals surface area contributed by atoms with Gasteiger partial charge < -0.3 is 21.5 Å². The van der Waals surface area contributed by atoms with Crippen molar-refractivity contribution in [2.75, 3.05) is 16.4 Å². The largest absolute Gasteiger partial charge is 0.507 e. The number of nitrogens with two attached hydrogens (primary N) is 1. The number of rotatable bonds is 9. The zero-order valence-corrected chi connectivity index (χ0v) is 24.7. The summed E-state index contributed by atoms with van der Waals surface area (Å²) >= 11 is 6.05. The lowest BCUT2D eigenvalue weighted by atomic mass is 10.1. The number of anilines is 5. The number of nitrogen functional groups attached to an aromatic ring is 1. The molecule has 0 aliphatic rings. The first-order chi connectivity index (χ1) is 21.2. The lowest BCUT2D eigenvalue weighted by molar-refractivity contribution is 0.112. The van der Waals surface area contributed by atoms with Crippen LogP contribution in [0.1, 0.15) is 10.4 Å². The van der Waals surface area contributed by atoms with Gasteiger partial charge in [-0.15, -0.1) is 5.11 Å². The van der Waals surface area contributed by atoms with Crippen LogP contribution in [0.2, 0.25) is 5.28 Å². The number of nitrogens with one attached hydrogen (secondary N) is 2. The van der Waals surface area contributed by atoms with Crippen LogP contribution in [0.25, 0.3) is 10.8 Å². The fraction of sp³-hybridized carbons (Fsp3) is 0. The van der Waals surface area contributed by atoms with Crippen molar-refractivity contribution in [2.45, 2.75) is 9.79 Å². The van der Waals surface area contributed by atoms with Crippen LogP contribution in [0.5, 0.6) is 5.75 Å². The fourth-order valence-electron chi connectivity index (χ4n) is 4.06. The molecule has 0 saturated heterocycles. The molecule has 0 aliphatic heterocycles. The molecule has 7 N–H and O–H groups in total. The molecule has 0 radical (unpaired) electrons. The van der Waals surface area contributed by atoms with Crippen molar-refractivity contribution >= 4 is 89.2 Å². The summed E-state index contributed by atoms with van der Waals surface area (Å²) in [5.74, 6) is -0.516. The van der Waals surface area contributed by atoms with Crippen molar-refractivity contribution < 1.29 is 35.8 Å². The highest BCUT2D eigenvalue weighted by Crippen LogP contribution is 2.43. The number of carbonyl (C=O) groups excluding carboxylic acids is 1. The number of halogens is 1. The van der Waals surface area contributed by atoms with E-state index in [-0.39, 0.29) is 39.3 Å². The minimum absolute atomic E-state index is 0.0828. The molecule has 0 saturated carbocycles. The zero-order chi connectivity index (χ0) is 32.5. The van der Waals surface area contributed by atoms with Crippen LogP contribution in [0.3, 0.4) is 0 Å². The molecule has 5 aromatic rings. The third-order valence-corrected chi connectivity index (χ3v) is 7.91. The summed E-state index contributed by atoms with van der Waals surface area (Å²) in [6.45, 7) is 0. The Labute approximate surface area is 259 Å². The maximum atomic E-state index is 12.0. The van der Waals surface area contributed by atoms with Crippen LogP contribution < -0.4 is 16.4 Å². The van der Waals surface area contributed by atoms with Gasteiger partial charge in [-0.3, -0.25) is 13.9 Å². The second kappa shape index (κ2) is 12.0. The Bertz CT molecular complexity index is 2230. The standard InChI is InChI=1S/C26H19ClN8O8S2/c27-24-31-25(33-26(32-24)30-17-3-1-2-13(8-17)12-36)29-15-4-6-16(7-5-15)34-35-23-21-14(10-20(22(23)28)45(41,42)43)9-18(11-19(21)37)44(38,39)40/h1-12,37H,28H2,(H,38,39,40)(H,41,42,43)(H2,29,30,31,32,33). The molecule has 0 spiro atoms. The number of hydrogen-bond donors (Lipinski definition) is 6. The molecule has 19 heteroatoms. The number of phenols is 1. The van der Waals surface area contributed by atoms with Crippen molar-refractivity contribution in [3.63, 3.8) is 0 Å². The van der Waals surface area contributed by atoms with Gasteiger partial charge in [-0.2, -0.15) is 36.9 Å². The third kappa shape index (κ3) is 7.11. The highest BCUT2D eigenvalue weighted by Gasteiger charge is 2.24. The van der Waals surface area contributed by atoms with Crippen molar-refractivity contribution in [1.82, 2.24) is 15.0 Å². The van der Waals surface area contributed by atoms with Crippen LogP contribution in [0, 0.1) is 0 Å². The van der Waals surface area contributed by atoms with Gasteiger partial charge in [-0.25, -0.2) is 0 Å². The topological polar surface area (TPSA) is 260 Å². The van der Waals surface area contributed by atoms with E-state index in [9.17, 15) is 35.8 Å². The summed E-state index contributed by atoms with van der Waals surface area (Å²) < 4.78 is 66.2. The Morgan fingerprint density at radius 2 is 1.49 bits per heavy atom. The average molecular weight is 671 g/mol. The number of benzene rings is 4. The van der Waals surface area contributed by atoms with E-state index in [0.29, 0.717) is 23.2 Å². The molecular weight excluding hydrogens is 652 g/mol. The second-order valence-electron chi connectivity index (χ2n) is 9.12. The molecule has 0 amide bonds. The first kappa shape index (κ1) is 31.2. The Hall–Kier alpha value is -5.27. The van der Waals surface area contributed by atoms with E-state index < -0.39 is 41.5 Å². The monoisotopic (exact) mass is 670 g/mol. The number of aldehydes is 1. The Morgan fingerprint density at radius 3 is 2.11 bits per heavy atom. The highest BCUT2D eigenvalue weighted by atomic mass is 35.5. The van der Waals surface area contributed by atoms with Crippen LogP contribution in [-0.4, -0.2) is 52.3 Å². The van der Waals surface area contributed by atoms with E-state index in [1.54, 1.807) is 36.4 Å². The minimum Gasteiger partial charge on any atom is -0.507 e. The Kier molecular flexibility index (Phi) is 8.32. The summed E-state index contributed by atoms with van der Waals surface area (Å²) in [5, 5.41) is 23.9. The third-order valence-electron chi connectivity index (χ3n) is 6.02. The van der Waals surface area contributed by atoms with Gasteiger partial charge in [0.1, 0.15) is 22.6 Å². The molecule has 16 nitrogen and oxygen atoms in total. The van der Waals surface area contributed by atoms with Crippen LogP contribution >= 0.6 is 11.6 Å². The first-order valence-electron chi connectivity index (χ1n) is 12.3. The predicted molar refractivity (Wildman–Crippen MR) is 164 cm³/mol. The molecule has 45 heavy (non-hydrogen) atoms. The highest BCUT2D eigenvalue weighted by molar-refractivity contribution is 7.86. The van der Waals surface area contributed by atoms with Gasteiger partial charge in [0.2, 0.25) is 17.2 Å². The van der Waals surface area contributed by atoms with Gasteiger partial charge in [-0.1, -0.05) is 12.1 Å². The Morgan fingerprint density at radius 1 is 0.822 bits per heavy atom. The predicted octanol–water partition coefficient (Wildman–Crippen LogP) is 5.17. The smallest absolute Gasteiger partial charge is 0.296 e. The van der Waals surface area contributed by atoms with Gasteiger partial charge in [-0.05, 0) is 65.5 Å². The van der Waals surface area contributed by atoms with Crippen molar-refractivity contribution in [1.29, 1.82) is 0 Å². The molecule has 0 bridgehead atoms. The summed E-state index contributed by atoms with van der Waals surface area (Å²) in [7, 11) is -9.72. The number of phenolic OH excluding ortho intramolecular Hbond substituents is 1. The van der Waals surface area contributed by atoms with E-state index in [1.807, 2.05) is 0 Å². The molecule has 5 rings (SSSR count). The van der Waals surface area contributed by atoms with E-state index in [2.05, 4.69) is 35.8 Å². The Balaban J connectivity index is 1.43. The number of aromatic nitrogens is 3.